The smallest absolute Gasteiger partial charge is 0.254 e. The highest BCUT2D eigenvalue weighted by atomic mass is 32.1. The molecule has 2 N–H and O–H groups in total. The molecule has 124 valence electrons. The van der Waals surface area contributed by atoms with Gasteiger partial charge in [-0.2, -0.15) is 0 Å². The van der Waals surface area contributed by atoms with Crippen LogP contribution < -0.4 is 10.9 Å². The summed E-state index contributed by atoms with van der Waals surface area (Å²) in [5.41, 5.74) is 0.955. The number of thiazole rings is 1. The lowest BCUT2D eigenvalue weighted by Crippen LogP contribution is -2.34. The fourth-order valence-corrected chi connectivity index (χ4v) is 3.11. The van der Waals surface area contributed by atoms with E-state index >= 15 is 0 Å². The van der Waals surface area contributed by atoms with Crippen LogP contribution in [0, 0.1) is 6.92 Å². The van der Waals surface area contributed by atoms with Gasteiger partial charge in [0.2, 0.25) is 5.91 Å². The van der Waals surface area contributed by atoms with Crippen LogP contribution in [0.1, 0.15) is 49.1 Å². The number of aromatic hydroxyl groups is 1. The van der Waals surface area contributed by atoms with Crippen LogP contribution in [0.2, 0.25) is 0 Å². The largest absolute Gasteiger partial charge is 0.508 e. The van der Waals surface area contributed by atoms with E-state index in [1.165, 1.54) is 10.6 Å². The van der Waals surface area contributed by atoms with Crippen LogP contribution in [-0.4, -0.2) is 20.6 Å². The molecule has 1 amide bonds. The highest BCUT2D eigenvalue weighted by Crippen LogP contribution is 2.22. The summed E-state index contributed by atoms with van der Waals surface area (Å²) in [6.07, 6.45) is 0. The van der Waals surface area contributed by atoms with Crippen molar-refractivity contribution in [1.29, 1.82) is 0 Å². The number of nitrogens with one attached hydrogen (secondary N) is 1. The number of carbonyl (C=O) groups is 1. The van der Waals surface area contributed by atoms with E-state index in [0.717, 1.165) is 16.8 Å². The van der Waals surface area contributed by atoms with Crippen molar-refractivity contribution in [3.05, 3.63) is 44.3 Å². The Morgan fingerprint density at radius 3 is 2.65 bits per heavy atom. The summed E-state index contributed by atoms with van der Waals surface area (Å²) >= 11 is 1.58. The first-order valence-electron chi connectivity index (χ1n) is 7.43. The lowest BCUT2D eigenvalue weighted by Gasteiger charge is -2.14. The quantitative estimate of drug-likeness (QED) is 0.878. The monoisotopic (exact) mass is 335 g/mol. The van der Waals surface area contributed by atoms with E-state index in [9.17, 15) is 14.7 Å². The third-order valence-electron chi connectivity index (χ3n) is 3.48. The van der Waals surface area contributed by atoms with E-state index in [2.05, 4.69) is 24.1 Å². The maximum atomic E-state index is 12.2. The number of nitrogens with zero attached hydrogens (tertiary/aromatic N) is 2. The molecule has 0 spiro atoms. The SMILES string of the molecule is Cc1cc(O)cc(=O)n1CC(=O)N[C@H](C)c1csc(C(C)C)n1. The van der Waals surface area contributed by atoms with Gasteiger partial charge in [0.25, 0.3) is 5.56 Å². The van der Waals surface area contributed by atoms with Crippen molar-refractivity contribution in [2.45, 2.75) is 46.2 Å². The molecule has 0 aliphatic heterocycles. The summed E-state index contributed by atoms with van der Waals surface area (Å²) in [6, 6.07) is 2.33. The molecule has 2 aromatic rings. The zero-order valence-electron chi connectivity index (χ0n) is 13.7. The summed E-state index contributed by atoms with van der Waals surface area (Å²) < 4.78 is 1.32. The second-order valence-corrected chi connectivity index (χ2v) is 6.72. The molecule has 0 aliphatic carbocycles. The standard InChI is InChI=1S/C16H21N3O3S/c1-9(2)16-18-13(8-23-16)11(4)17-14(21)7-19-10(3)5-12(20)6-15(19)22/h5-6,8-9,11,20H,7H2,1-4H3,(H,17,21)/t11-/m1/s1. The van der Waals surface area contributed by atoms with Crippen LogP contribution in [-0.2, 0) is 11.3 Å². The predicted molar refractivity (Wildman–Crippen MR) is 89.9 cm³/mol. The molecule has 2 aromatic heterocycles. The maximum absolute atomic E-state index is 12.2. The van der Waals surface area contributed by atoms with Gasteiger partial charge in [-0.25, -0.2) is 4.98 Å². The van der Waals surface area contributed by atoms with Crippen LogP contribution in [0.15, 0.2) is 22.3 Å². The van der Waals surface area contributed by atoms with E-state index in [4.69, 9.17) is 0 Å². The molecule has 0 bridgehead atoms. The normalized spacial score (nSPS) is 12.4. The zero-order valence-corrected chi connectivity index (χ0v) is 14.5. The van der Waals surface area contributed by atoms with Crippen molar-refractivity contribution in [3.63, 3.8) is 0 Å². The minimum Gasteiger partial charge on any atom is -0.508 e. The number of hydrogen-bond acceptors (Lipinski definition) is 5. The van der Waals surface area contributed by atoms with Gasteiger partial charge in [-0.15, -0.1) is 11.3 Å². The molecule has 0 aliphatic rings. The molecule has 1 atom stereocenters. The second-order valence-electron chi connectivity index (χ2n) is 5.83. The molecular weight excluding hydrogens is 314 g/mol. The molecule has 0 fully saturated rings. The van der Waals surface area contributed by atoms with Crippen LogP contribution in [0.5, 0.6) is 5.75 Å². The average molecular weight is 335 g/mol. The first-order chi connectivity index (χ1) is 10.8. The molecule has 7 heteroatoms. The molecule has 0 saturated carbocycles. The van der Waals surface area contributed by atoms with Crippen molar-refractivity contribution in [2.24, 2.45) is 0 Å². The lowest BCUT2D eigenvalue weighted by atomic mass is 10.2. The molecule has 0 saturated heterocycles. The van der Waals surface area contributed by atoms with Gasteiger partial charge < -0.3 is 15.0 Å². The average Bonchev–Trinajstić information content (AvgIpc) is 2.92. The van der Waals surface area contributed by atoms with Crippen LogP contribution in [0.3, 0.4) is 0 Å². The van der Waals surface area contributed by atoms with Crippen molar-refractivity contribution in [1.82, 2.24) is 14.9 Å². The molecular formula is C16H21N3O3S. The first-order valence-corrected chi connectivity index (χ1v) is 8.31. The van der Waals surface area contributed by atoms with Crippen LogP contribution in [0.25, 0.3) is 0 Å². The van der Waals surface area contributed by atoms with Gasteiger partial charge in [0.1, 0.15) is 12.3 Å². The van der Waals surface area contributed by atoms with E-state index < -0.39 is 5.56 Å². The van der Waals surface area contributed by atoms with Gasteiger partial charge >= 0.3 is 0 Å². The molecule has 2 heterocycles. The Bertz CT molecular complexity index is 764. The number of carbonyl (C=O) groups excluding carboxylic acids is 1. The van der Waals surface area contributed by atoms with Gasteiger partial charge in [0, 0.05) is 23.1 Å². The number of aryl methyl sites for hydroxylation is 1. The van der Waals surface area contributed by atoms with Crippen LogP contribution in [0.4, 0.5) is 0 Å². The number of rotatable bonds is 5. The number of pyridine rings is 1. The van der Waals surface area contributed by atoms with Crippen molar-refractivity contribution < 1.29 is 9.90 Å². The summed E-state index contributed by atoms with van der Waals surface area (Å²) in [5, 5.41) is 15.2. The molecule has 2 rings (SSSR count). The zero-order chi connectivity index (χ0) is 17.1. The number of hydrogen-bond donors (Lipinski definition) is 2. The summed E-state index contributed by atoms with van der Waals surface area (Å²) in [7, 11) is 0. The predicted octanol–water partition coefficient (Wildman–Crippen LogP) is 2.32. The highest BCUT2D eigenvalue weighted by Gasteiger charge is 2.15. The molecule has 0 aromatic carbocycles. The molecule has 0 radical (unpaired) electrons. The first kappa shape index (κ1) is 17.2. The van der Waals surface area contributed by atoms with E-state index in [0.29, 0.717) is 11.6 Å². The number of amides is 1. The fraction of sp³-hybridized carbons (Fsp3) is 0.438. The Kier molecular flexibility index (Phi) is 5.20. The molecule has 6 nitrogen and oxygen atoms in total. The van der Waals surface area contributed by atoms with E-state index in [1.54, 1.807) is 18.3 Å². The van der Waals surface area contributed by atoms with Crippen molar-refractivity contribution in [2.75, 3.05) is 0 Å². The Hall–Kier alpha value is -2.15. The van der Waals surface area contributed by atoms with E-state index in [-0.39, 0.29) is 24.2 Å². The molecule has 0 unspecified atom stereocenters. The Morgan fingerprint density at radius 1 is 1.39 bits per heavy atom. The third kappa shape index (κ3) is 4.19. The minimum atomic E-state index is -0.402. The second kappa shape index (κ2) is 6.95. The van der Waals surface area contributed by atoms with Gasteiger partial charge in [0.05, 0.1) is 16.7 Å². The Labute approximate surface area is 138 Å². The topological polar surface area (TPSA) is 84.2 Å². The minimum absolute atomic E-state index is 0.0868. The van der Waals surface area contributed by atoms with Gasteiger partial charge in [-0.05, 0) is 19.9 Å². The Morgan fingerprint density at radius 2 is 2.09 bits per heavy atom. The fourth-order valence-electron chi connectivity index (χ4n) is 2.18. The van der Waals surface area contributed by atoms with Crippen LogP contribution >= 0.6 is 11.3 Å². The lowest BCUT2D eigenvalue weighted by molar-refractivity contribution is -0.122. The van der Waals surface area contributed by atoms with Crippen molar-refractivity contribution >= 4 is 17.2 Å². The van der Waals surface area contributed by atoms with Gasteiger partial charge in [-0.3, -0.25) is 9.59 Å². The van der Waals surface area contributed by atoms with Gasteiger partial charge in [0.15, 0.2) is 0 Å². The van der Waals surface area contributed by atoms with Crippen molar-refractivity contribution in [3.8, 4) is 5.75 Å². The molecule has 23 heavy (non-hydrogen) atoms. The summed E-state index contributed by atoms with van der Waals surface area (Å²) in [4.78, 5) is 28.5. The Balaban J connectivity index is 2.06. The number of aromatic nitrogens is 2. The van der Waals surface area contributed by atoms with Gasteiger partial charge in [-0.1, -0.05) is 13.8 Å². The summed E-state index contributed by atoms with van der Waals surface area (Å²) in [5.74, 6) is -0.0106. The third-order valence-corrected chi connectivity index (χ3v) is 4.64. The maximum Gasteiger partial charge on any atom is 0.254 e. The highest BCUT2D eigenvalue weighted by molar-refractivity contribution is 7.09. The summed E-state index contributed by atoms with van der Waals surface area (Å²) in [6.45, 7) is 7.60. The van der Waals surface area contributed by atoms with E-state index in [1.807, 2.05) is 12.3 Å².